The number of hydrogen-bond donors (Lipinski definition) is 1. The SMILES string of the molecule is CCOc1ccc(N2C(=O)C(CC(=O)Nc3ccccc3)N(CCc3sccc3C)C2=S)cc1. The lowest BCUT2D eigenvalue weighted by molar-refractivity contribution is -0.124. The number of rotatable bonds is 9. The van der Waals surface area contributed by atoms with E-state index in [1.807, 2.05) is 66.4 Å². The van der Waals surface area contributed by atoms with Gasteiger partial charge in [0.1, 0.15) is 11.8 Å². The molecule has 1 unspecified atom stereocenters. The van der Waals surface area contributed by atoms with E-state index in [1.54, 1.807) is 11.3 Å². The zero-order chi connectivity index (χ0) is 24.1. The molecule has 1 saturated heterocycles. The standard InChI is InChI=1S/C26H27N3O3S2/c1-3-32-21-11-9-20(10-12-21)29-25(31)22(17-24(30)27-19-7-5-4-6-8-19)28(26(29)33)15-13-23-18(2)14-16-34-23/h4-12,14,16,22H,3,13,15,17H2,1-2H3,(H,27,30). The van der Waals surface area contributed by atoms with Gasteiger partial charge in [-0.05, 0) is 85.9 Å². The van der Waals surface area contributed by atoms with Crippen molar-refractivity contribution in [2.45, 2.75) is 32.7 Å². The molecular formula is C26H27N3O3S2. The highest BCUT2D eigenvalue weighted by Crippen LogP contribution is 2.29. The number of thiocarbonyl (C=S) groups is 1. The minimum atomic E-state index is -0.664. The molecule has 1 atom stereocenters. The van der Waals surface area contributed by atoms with Crippen LogP contribution in [0.5, 0.6) is 5.75 Å². The smallest absolute Gasteiger partial charge is 0.256 e. The van der Waals surface area contributed by atoms with E-state index in [0.29, 0.717) is 29.6 Å². The Morgan fingerprint density at radius 1 is 1.12 bits per heavy atom. The van der Waals surface area contributed by atoms with E-state index in [4.69, 9.17) is 17.0 Å². The van der Waals surface area contributed by atoms with E-state index in [-0.39, 0.29) is 18.2 Å². The molecule has 1 aliphatic heterocycles. The van der Waals surface area contributed by atoms with Crippen LogP contribution in [0, 0.1) is 6.92 Å². The van der Waals surface area contributed by atoms with Gasteiger partial charge in [0, 0.05) is 17.1 Å². The maximum atomic E-state index is 13.5. The number of nitrogens with one attached hydrogen (secondary N) is 1. The molecule has 0 aliphatic carbocycles. The van der Waals surface area contributed by atoms with Crippen molar-refractivity contribution in [3.8, 4) is 5.75 Å². The topological polar surface area (TPSA) is 61.9 Å². The van der Waals surface area contributed by atoms with Gasteiger partial charge >= 0.3 is 0 Å². The summed E-state index contributed by atoms with van der Waals surface area (Å²) in [7, 11) is 0. The van der Waals surface area contributed by atoms with Crippen LogP contribution in [0.2, 0.25) is 0 Å². The van der Waals surface area contributed by atoms with E-state index < -0.39 is 6.04 Å². The lowest BCUT2D eigenvalue weighted by Gasteiger charge is -2.24. The molecule has 2 amide bonds. The first kappa shape index (κ1) is 23.9. The predicted molar refractivity (Wildman–Crippen MR) is 141 cm³/mol. The summed E-state index contributed by atoms with van der Waals surface area (Å²) in [6.45, 7) is 5.12. The summed E-state index contributed by atoms with van der Waals surface area (Å²) in [5, 5.41) is 5.37. The number of carbonyl (C=O) groups excluding carboxylic acids is 2. The van der Waals surface area contributed by atoms with Gasteiger partial charge in [0.05, 0.1) is 18.7 Å². The van der Waals surface area contributed by atoms with Crippen molar-refractivity contribution in [3.63, 3.8) is 0 Å². The second-order valence-electron chi connectivity index (χ2n) is 7.99. The summed E-state index contributed by atoms with van der Waals surface area (Å²) in [5.41, 5.74) is 2.59. The van der Waals surface area contributed by atoms with Crippen molar-refractivity contribution in [2.75, 3.05) is 23.4 Å². The molecule has 2 heterocycles. The second kappa shape index (κ2) is 10.8. The number of aryl methyl sites for hydroxylation is 1. The summed E-state index contributed by atoms with van der Waals surface area (Å²) in [6, 6.07) is 18.0. The molecule has 3 aromatic rings. The normalized spacial score (nSPS) is 15.6. The van der Waals surface area contributed by atoms with Gasteiger partial charge in [-0.3, -0.25) is 14.5 Å². The van der Waals surface area contributed by atoms with E-state index in [2.05, 4.69) is 23.7 Å². The molecule has 1 fully saturated rings. The number of anilines is 2. The molecule has 8 heteroatoms. The van der Waals surface area contributed by atoms with Gasteiger partial charge < -0.3 is 15.0 Å². The van der Waals surface area contributed by atoms with Crippen molar-refractivity contribution in [2.24, 2.45) is 0 Å². The molecule has 176 valence electrons. The molecular weight excluding hydrogens is 466 g/mol. The van der Waals surface area contributed by atoms with Gasteiger partial charge in [-0.25, -0.2) is 0 Å². The monoisotopic (exact) mass is 493 g/mol. The Morgan fingerprint density at radius 2 is 1.85 bits per heavy atom. The zero-order valence-corrected chi connectivity index (χ0v) is 20.8. The van der Waals surface area contributed by atoms with Crippen molar-refractivity contribution in [3.05, 3.63) is 76.5 Å². The van der Waals surface area contributed by atoms with Crippen LogP contribution in [0.1, 0.15) is 23.8 Å². The third-order valence-corrected chi connectivity index (χ3v) is 7.21. The summed E-state index contributed by atoms with van der Waals surface area (Å²) in [4.78, 5) is 31.1. The average Bonchev–Trinajstić information content (AvgIpc) is 3.34. The molecule has 2 aromatic carbocycles. The average molecular weight is 494 g/mol. The van der Waals surface area contributed by atoms with Gasteiger partial charge in [-0.2, -0.15) is 0 Å². The van der Waals surface area contributed by atoms with Crippen molar-refractivity contribution >= 4 is 51.9 Å². The fourth-order valence-electron chi connectivity index (χ4n) is 3.97. The minimum Gasteiger partial charge on any atom is -0.494 e. The van der Waals surface area contributed by atoms with Gasteiger partial charge in [0.15, 0.2) is 5.11 Å². The van der Waals surface area contributed by atoms with Gasteiger partial charge in [-0.15, -0.1) is 11.3 Å². The van der Waals surface area contributed by atoms with Crippen molar-refractivity contribution in [1.29, 1.82) is 0 Å². The maximum Gasteiger partial charge on any atom is 0.256 e. The van der Waals surface area contributed by atoms with Crippen molar-refractivity contribution in [1.82, 2.24) is 4.90 Å². The number of thiophene rings is 1. The molecule has 34 heavy (non-hydrogen) atoms. The molecule has 0 spiro atoms. The number of ether oxygens (including phenoxy) is 1. The zero-order valence-electron chi connectivity index (χ0n) is 19.2. The number of amides is 2. The van der Waals surface area contributed by atoms with Crippen LogP contribution in [0.3, 0.4) is 0 Å². The van der Waals surface area contributed by atoms with Crippen LogP contribution in [-0.4, -0.2) is 41.0 Å². The van der Waals surface area contributed by atoms with Crippen LogP contribution >= 0.6 is 23.6 Å². The Hall–Kier alpha value is -3.23. The Morgan fingerprint density at radius 3 is 2.50 bits per heavy atom. The van der Waals surface area contributed by atoms with Crippen LogP contribution in [0.4, 0.5) is 11.4 Å². The Labute approximate surface area is 209 Å². The molecule has 6 nitrogen and oxygen atoms in total. The number of benzene rings is 2. The van der Waals surface area contributed by atoms with Crippen LogP contribution in [0.25, 0.3) is 0 Å². The number of para-hydroxylation sites is 1. The minimum absolute atomic E-state index is 0.0187. The number of hydrogen-bond acceptors (Lipinski definition) is 5. The first-order valence-electron chi connectivity index (χ1n) is 11.2. The third kappa shape index (κ3) is 5.29. The second-order valence-corrected chi connectivity index (χ2v) is 9.35. The first-order valence-corrected chi connectivity index (χ1v) is 12.5. The van der Waals surface area contributed by atoms with Crippen molar-refractivity contribution < 1.29 is 14.3 Å². The summed E-state index contributed by atoms with van der Waals surface area (Å²) in [5.74, 6) is 0.311. The first-order chi connectivity index (χ1) is 16.5. The van der Waals surface area contributed by atoms with Gasteiger partial charge in [0.2, 0.25) is 5.91 Å². The van der Waals surface area contributed by atoms with E-state index in [1.165, 1.54) is 15.3 Å². The maximum absolute atomic E-state index is 13.5. The quantitative estimate of drug-likeness (QED) is 0.424. The van der Waals surface area contributed by atoms with E-state index in [9.17, 15) is 9.59 Å². The lowest BCUT2D eigenvalue weighted by atomic mass is 10.1. The fraction of sp³-hybridized carbons (Fsp3) is 0.269. The highest BCUT2D eigenvalue weighted by atomic mass is 32.1. The highest BCUT2D eigenvalue weighted by molar-refractivity contribution is 7.80. The largest absolute Gasteiger partial charge is 0.494 e. The fourth-order valence-corrected chi connectivity index (χ4v) is 5.29. The molecule has 0 saturated carbocycles. The molecule has 1 aliphatic rings. The lowest BCUT2D eigenvalue weighted by Crippen LogP contribution is -2.39. The Balaban J connectivity index is 1.55. The molecule has 1 N–H and O–H groups in total. The third-order valence-electron chi connectivity index (χ3n) is 5.71. The van der Waals surface area contributed by atoms with Gasteiger partial charge in [0.25, 0.3) is 5.91 Å². The van der Waals surface area contributed by atoms with E-state index in [0.717, 1.165) is 12.2 Å². The molecule has 1 aromatic heterocycles. The number of nitrogens with zero attached hydrogens (tertiary/aromatic N) is 2. The van der Waals surface area contributed by atoms with Crippen LogP contribution in [0.15, 0.2) is 66.0 Å². The molecule has 4 rings (SSSR count). The van der Waals surface area contributed by atoms with Crippen LogP contribution < -0.4 is 15.0 Å². The highest BCUT2D eigenvalue weighted by Gasteiger charge is 2.44. The predicted octanol–water partition coefficient (Wildman–Crippen LogP) is 5.03. The molecule has 0 bridgehead atoms. The summed E-state index contributed by atoms with van der Waals surface area (Å²) >= 11 is 7.46. The summed E-state index contributed by atoms with van der Waals surface area (Å²) < 4.78 is 5.52. The number of carbonyl (C=O) groups is 2. The summed E-state index contributed by atoms with van der Waals surface area (Å²) in [6.07, 6.45) is 0.773. The molecule has 0 radical (unpaired) electrons. The van der Waals surface area contributed by atoms with Gasteiger partial charge in [-0.1, -0.05) is 18.2 Å². The van der Waals surface area contributed by atoms with E-state index >= 15 is 0 Å². The Bertz CT molecular complexity index is 1160. The Kier molecular flexibility index (Phi) is 7.59. The van der Waals surface area contributed by atoms with Crippen LogP contribution in [-0.2, 0) is 16.0 Å².